The Morgan fingerprint density at radius 2 is 1.83 bits per heavy atom. The third-order valence-electron chi connectivity index (χ3n) is 3.60. The van der Waals surface area contributed by atoms with Crippen molar-refractivity contribution < 1.29 is 18.0 Å². The van der Waals surface area contributed by atoms with Crippen molar-refractivity contribution in [2.75, 3.05) is 5.32 Å². The molecule has 0 saturated carbocycles. The minimum atomic E-state index is -4.12. The minimum absolute atomic E-state index is 0.143. The number of carbonyl (C=O) groups is 2. The molecule has 1 unspecified atom stereocenters. The van der Waals surface area contributed by atoms with Crippen LogP contribution in [0.4, 0.5) is 5.69 Å². The molecule has 0 fully saturated rings. The lowest BCUT2D eigenvalue weighted by atomic mass is 10.1. The summed E-state index contributed by atoms with van der Waals surface area (Å²) in [7, 11) is -4.12. The van der Waals surface area contributed by atoms with Crippen LogP contribution >= 0.6 is 0 Å². The van der Waals surface area contributed by atoms with E-state index in [0.29, 0.717) is 12.8 Å². The highest BCUT2D eigenvalue weighted by Gasteiger charge is 2.24. The molecule has 0 radical (unpaired) electrons. The van der Waals surface area contributed by atoms with E-state index in [-0.39, 0.29) is 22.9 Å². The van der Waals surface area contributed by atoms with Crippen molar-refractivity contribution in [1.29, 1.82) is 0 Å². The lowest BCUT2D eigenvalue weighted by molar-refractivity contribution is -0.120. The first-order valence-corrected chi connectivity index (χ1v) is 9.24. The highest BCUT2D eigenvalue weighted by atomic mass is 32.2. The normalized spacial score (nSPS) is 23.8. The molecule has 1 aliphatic heterocycles. The first-order chi connectivity index (χ1) is 11.4. The van der Waals surface area contributed by atoms with Crippen LogP contribution in [0.5, 0.6) is 0 Å². The van der Waals surface area contributed by atoms with Crippen LogP contribution in [0.25, 0.3) is 0 Å². The Balaban J connectivity index is 2.34. The van der Waals surface area contributed by atoms with Gasteiger partial charge in [-0.1, -0.05) is 24.3 Å². The van der Waals surface area contributed by atoms with Gasteiger partial charge in [0.1, 0.15) is 4.90 Å². The molecule has 2 rings (SSSR count). The maximum absolute atomic E-state index is 12.4. The van der Waals surface area contributed by atoms with E-state index in [1.807, 2.05) is 10.8 Å². The van der Waals surface area contributed by atoms with E-state index in [9.17, 15) is 18.0 Å². The van der Waals surface area contributed by atoms with E-state index in [0.717, 1.165) is 12.8 Å². The fourth-order valence-corrected chi connectivity index (χ4v) is 3.49. The Bertz CT molecular complexity index is 743. The number of nitrogens with two attached hydrogens (primary N) is 1. The lowest BCUT2D eigenvalue weighted by Gasteiger charge is -2.14. The quantitative estimate of drug-likeness (QED) is 0.608. The van der Waals surface area contributed by atoms with Crippen molar-refractivity contribution in [3.05, 3.63) is 36.4 Å². The number of hydrogen-bond donors (Lipinski definition) is 3. The first kappa shape index (κ1) is 18.2. The van der Waals surface area contributed by atoms with Crippen molar-refractivity contribution in [3.63, 3.8) is 0 Å². The number of carbonyl (C=O) groups excluding carboxylic acids is 2. The summed E-state index contributed by atoms with van der Waals surface area (Å²) in [6, 6.07) is 4.99. The molecule has 2 amide bonds. The molecule has 0 spiro atoms. The SMILES string of the molecule is NC1C/C=C/CCCCC(=O)Nc2ccccc2S(=O)(=O)NC1=O. The van der Waals surface area contributed by atoms with Crippen molar-refractivity contribution >= 4 is 27.5 Å². The van der Waals surface area contributed by atoms with Gasteiger partial charge >= 0.3 is 0 Å². The van der Waals surface area contributed by atoms with E-state index < -0.39 is 22.0 Å². The summed E-state index contributed by atoms with van der Waals surface area (Å²) >= 11 is 0. The predicted octanol–water partition coefficient (Wildman–Crippen LogP) is 1.28. The van der Waals surface area contributed by atoms with Crippen molar-refractivity contribution in [3.8, 4) is 0 Å². The molecule has 1 aromatic rings. The Hall–Kier alpha value is -2.19. The summed E-state index contributed by atoms with van der Waals surface area (Å²) in [6.45, 7) is 0. The summed E-state index contributed by atoms with van der Waals surface area (Å²) in [5, 5.41) is 2.59. The van der Waals surface area contributed by atoms with Crippen LogP contribution in [0.3, 0.4) is 0 Å². The smallest absolute Gasteiger partial charge is 0.266 e. The molecule has 0 bridgehead atoms. The largest absolute Gasteiger partial charge is 0.325 e. The Kier molecular flexibility index (Phi) is 6.10. The number of amides is 2. The number of hydrogen-bond acceptors (Lipinski definition) is 5. The van der Waals surface area contributed by atoms with Gasteiger partial charge in [-0.25, -0.2) is 13.1 Å². The summed E-state index contributed by atoms with van der Waals surface area (Å²) in [4.78, 5) is 23.8. The van der Waals surface area contributed by atoms with E-state index in [1.165, 1.54) is 18.2 Å². The van der Waals surface area contributed by atoms with Gasteiger partial charge in [-0.3, -0.25) is 9.59 Å². The van der Waals surface area contributed by atoms with Crippen LogP contribution in [0.2, 0.25) is 0 Å². The molecular formula is C16H21N3O4S. The maximum Gasteiger partial charge on any atom is 0.266 e. The van der Waals surface area contributed by atoms with Gasteiger partial charge in [0.15, 0.2) is 0 Å². The van der Waals surface area contributed by atoms with Crippen LogP contribution in [-0.4, -0.2) is 26.3 Å². The molecule has 4 N–H and O–H groups in total. The van der Waals surface area contributed by atoms with Gasteiger partial charge in [0, 0.05) is 6.42 Å². The standard InChI is InChI=1S/C16H21N3O4S/c17-12-8-4-2-1-3-5-11-15(20)18-13-9-6-7-10-14(13)24(22,23)19-16(12)21/h2,4,6-7,9-10,12H,1,3,5,8,11,17H2,(H,18,20)(H,19,21)/b4-2+. The highest BCUT2D eigenvalue weighted by Crippen LogP contribution is 2.21. The Morgan fingerprint density at radius 3 is 2.62 bits per heavy atom. The molecule has 130 valence electrons. The third kappa shape index (κ3) is 4.90. The fraction of sp³-hybridized carbons (Fsp3) is 0.375. The van der Waals surface area contributed by atoms with Gasteiger partial charge < -0.3 is 11.1 Å². The van der Waals surface area contributed by atoms with E-state index in [2.05, 4.69) is 5.32 Å². The number of anilines is 1. The van der Waals surface area contributed by atoms with E-state index >= 15 is 0 Å². The lowest BCUT2D eigenvalue weighted by Crippen LogP contribution is -2.43. The topological polar surface area (TPSA) is 118 Å². The zero-order valence-corrected chi connectivity index (χ0v) is 14.0. The summed E-state index contributed by atoms with van der Waals surface area (Å²) in [6.07, 6.45) is 6.48. The zero-order chi connectivity index (χ0) is 17.6. The first-order valence-electron chi connectivity index (χ1n) is 7.76. The molecule has 0 aliphatic carbocycles. The average Bonchev–Trinajstić information content (AvgIpc) is 2.53. The Morgan fingerprint density at radius 1 is 1.08 bits per heavy atom. The number of benzene rings is 1. The minimum Gasteiger partial charge on any atom is -0.325 e. The summed E-state index contributed by atoms with van der Waals surface area (Å²) in [5.74, 6) is -1.05. The average molecular weight is 351 g/mol. The van der Waals surface area contributed by atoms with E-state index in [1.54, 1.807) is 12.1 Å². The van der Waals surface area contributed by atoms with Gasteiger partial charge in [-0.15, -0.1) is 0 Å². The predicted molar refractivity (Wildman–Crippen MR) is 90.6 cm³/mol. The summed E-state index contributed by atoms with van der Waals surface area (Å²) in [5.41, 5.74) is 5.87. The highest BCUT2D eigenvalue weighted by molar-refractivity contribution is 7.90. The van der Waals surface area contributed by atoms with Crippen LogP contribution in [0.1, 0.15) is 32.1 Å². The van der Waals surface area contributed by atoms with Gasteiger partial charge in [-0.05, 0) is 37.8 Å². The second-order valence-corrected chi connectivity index (χ2v) is 7.22. The molecule has 1 heterocycles. The maximum atomic E-state index is 12.4. The molecule has 8 heteroatoms. The molecule has 1 aliphatic rings. The molecule has 0 aromatic heterocycles. The number of sulfonamides is 1. The number of rotatable bonds is 0. The van der Waals surface area contributed by atoms with Crippen LogP contribution in [0.15, 0.2) is 41.3 Å². The van der Waals surface area contributed by atoms with Crippen LogP contribution in [-0.2, 0) is 19.6 Å². The number of para-hydroxylation sites is 1. The third-order valence-corrected chi connectivity index (χ3v) is 5.01. The second-order valence-electron chi connectivity index (χ2n) is 5.57. The zero-order valence-electron chi connectivity index (χ0n) is 13.2. The molecule has 1 atom stereocenters. The van der Waals surface area contributed by atoms with Gasteiger partial charge in [-0.2, -0.15) is 0 Å². The van der Waals surface area contributed by atoms with Crippen LogP contribution < -0.4 is 15.8 Å². The monoisotopic (exact) mass is 351 g/mol. The van der Waals surface area contributed by atoms with Crippen LogP contribution in [0, 0.1) is 0 Å². The van der Waals surface area contributed by atoms with Crippen molar-refractivity contribution in [2.24, 2.45) is 5.73 Å². The molecule has 1 aromatic carbocycles. The number of nitrogens with one attached hydrogen (secondary N) is 2. The molecule has 24 heavy (non-hydrogen) atoms. The molecule has 7 nitrogen and oxygen atoms in total. The Labute approximate surface area is 141 Å². The molecule has 0 saturated heterocycles. The van der Waals surface area contributed by atoms with Crippen molar-refractivity contribution in [1.82, 2.24) is 4.72 Å². The number of fused-ring (bicyclic) bond motifs is 1. The second kappa shape index (κ2) is 8.07. The summed E-state index contributed by atoms with van der Waals surface area (Å²) < 4.78 is 26.8. The molecular weight excluding hydrogens is 330 g/mol. The number of allylic oxidation sites excluding steroid dienone is 1. The van der Waals surface area contributed by atoms with Crippen molar-refractivity contribution in [2.45, 2.75) is 43.0 Å². The van der Waals surface area contributed by atoms with Gasteiger partial charge in [0.2, 0.25) is 5.91 Å². The fourth-order valence-electron chi connectivity index (χ4n) is 2.30. The van der Waals surface area contributed by atoms with Gasteiger partial charge in [0.05, 0.1) is 11.7 Å². The van der Waals surface area contributed by atoms with Gasteiger partial charge in [0.25, 0.3) is 15.9 Å². The van der Waals surface area contributed by atoms with E-state index in [4.69, 9.17) is 5.73 Å².